The first-order valence-corrected chi connectivity index (χ1v) is 7.00. The van der Waals surface area contributed by atoms with Gasteiger partial charge in [-0.05, 0) is 43.7 Å². The highest BCUT2D eigenvalue weighted by Gasteiger charge is 2.06. The lowest BCUT2D eigenvalue weighted by atomic mass is 10.1. The van der Waals surface area contributed by atoms with Gasteiger partial charge in [-0.3, -0.25) is 0 Å². The molecule has 0 aliphatic rings. The maximum atomic E-state index is 13.2. The summed E-state index contributed by atoms with van der Waals surface area (Å²) in [5.41, 5.74) is 2.69. The fraction of sp³-hybridized carbons (Fsp3) is 0.357. The Balaban J connectivity index is 2.11. The van der Waals surface area contributed by atoms with Crippen LogP contribution in [0.25, 0.3) is 10.6 Å². The standard InChI is InChI=1S/C14H17FN2S/c1-3-6-16-8-12-9-18-14(17-12)11-4-5-13(15)10(2)7-11/h4-5,7,9,16H,3,6,8H2,1-2H3. The van der Waals surface area contributed by atoms with E-state index in [1.54, 1.807) is 24.3 Å². The SMILES string of the molecule is CCCNCc1csc(-c2ccc(F)c(C)c2)n1. The van der Waals surface area contributed by atoms with Crippen LogP contribution in [0, 0.1) is 12.7 Å². The second kappa shape index (κ2) is 6.07. The molecule has 0 aliphatic carbocycles. The lowest BCUT2D eigenvalue weighted by Gasteiger charge is -2.00. The Bertz CT molecular complexity index is 522. The highest BCUT2D eigenvalue weighted by atomic mass is 32.1. The average molecular weight is 264 g/mol. The van der Waals surface area contributed by atoms with E-state index in [-0.39, 0.29) is 5.82 Å². The van der Waals surface area contributed by atoms with E-state index in [1.165, 1.54) is 6.07 Å². The van der Waals surface area contributed by atoms with E-state index in [0.717, 1.165) is 35.8 Å². The van der Waals surface area contributed by atoms with Crippen molar-refractivity contribution < 1.29 is 4.39 Å². The minimum atomic E-state index is -0.167. The van der Waals surface area contributed by atoms with Crippen molar-refractivity contribution in [3.8, 4) is 10.6 Å². The molecule has 0 saturated heterocycles. The molecule has 2 rings (SSSR count). The highest BCUT2D eigenvalue weighted by Crippen LogP contribution is 2.25. The predicted octanol–water partition coefficient (Wildman–Crippen LogP) is 3.76. The van der Waals surface area contributed by atoms with Crippen molar-refractivity contribution in [2.45, 2.75) is 26.8 Å². The number of aromatic nitrogens is 1. The van der Waals surface area contributed by atoms with E-state index in [0.29, 0.717) is 5.56 Å². The summed E-state index contributed by atoms with van der Waals surface area (Å²) in [7, 11) is 0. The number of halogens is 1. The molecule has 2 nitrogen and oxygen atoms in total. The number of nitrogens with one attached hydrogen (secondary N) is 1. The number of rotatable bonds is 5. The molecule has 0 radical (unpaired) electrons. The van der Waals surface area contributed by atoms with Crippen LogP contribution in [-0.2, 0) is 6.54 Å². The first kappa shape index (κ1) is 13.2. The Kier molecular flexibility index (Phi) is 4.44. The van der Waals surface area contributed by atoms with Gasteiger partial charge in [0.1, 0.15) is 10.8 Å². The molecule has 18 heavy (non-hydrogen) atoms. The number of benzene rings is 1. The zero-order valence-electron chi connectivity index (χ0n) is 10.7. The molecular formula is C14H17FN2S. The zero-order valence-corrected chi connectivity index (χ0v) is 11.5. The Morgan fingerprint density at radius 3 is 2.94 bits per heavy atom. The minimum absolute atomic E-state index is 0.167. The molecule has 0 amide bonds. The van der Waals surface area contributed by atoms with Crippen LogP contribution >= 0.6 is 11.3 Å². The molecule has 2 aromatic rings. The highest BCUT2D eigenvalue weighted by molar-refractivity contribution is 7.13. The Labute approximate surface area is 111 Å². The summed E-state index contributed by atoms with van der Waals surface area (Å²) in [6.07, 6.45) is 1.12. The molecule has 0 unspecified atom stereocenters. The van der Waals surface area contributed by atoms with Gasteiger partial charge < -0.3 is 5.32 Å². The van der Waals surface area contributed by atoms with Gasteiger partial charge in [0.25, 0.3) is 0 Å². The van der Waals surface area contributed by atoms with Crippen LogP contribution in [0.1, 0.15) is 24.6 Å². The van der Waals surface area contributed by atoms with E-state index in [2.05, 4.69) is 22.6 Å². The van der Waals surface area contributed by atoms with Crippen molar-refractivity contribution in [1.82, 2.24) is 10.3 Å². The van der Waals surface area contributed by atoms with Gasteiger partial charge in [-0.2, -0.15) is 0 Å². The van der Waals surface area contributed by atoms with Crippen LogP contribution in [0.2, 0.25) is 0 Å². The number of hydrogen-bond donors (Lipinski definition) is 1. The molecule has 0 spiro atoms. The topological polar surface area (TPSA) is 24.9 Å². The molecule has 0 aliphatic heterocycles. The van der Waals surface area contributed by atoms with Crippen molar-refractivity contribution in [1.29, 1.82) is 0 Å². The summed E-state index contributed by atoms with van der Waals surface area (Å²) in [5, 5.41) is 6.32. The summed E-state index contributed by atoms with van der Waals surface area (Å²) in [4.78, 5) is 4.56. The van der Waals surface area contributed by atoms with Gasteiger partial charge in [0.05, 0.1) is 5.69 Å². The second-order valence-electron chi connectivity index (χ2n) is 4.28. The molecule has 1 aromatic heterocycles. The van der Waals surface area contributed by atoms with Gasteiger partial charge in [0.15, 0.2) is 0 Å². The summed E-state index contributed by atoms with van der Waals surface area (Å²) in [6, 6.07) is 5.13. The molecule has 0 bridgehead atoms. The molecule has 0 atom stereocenters. The minimum Gasteiger partial charge on any atom is -0.311 e. The van der Waals surface area contributed by atoms with Gasteiger partial charge in [-0.25, -0.2) is 9.37 Å². The van der Waals surface area contributed by atoms with Crippen molar-refractivity contribution in [3.05, 3.63) is 40.7 Å². The summed E-state index contributed by atoms with van der Waals surface area (Å²) in [5.74, 6) is -0.167. The van der Waals surface area contributed by atoms with E-state index in [1.807, 2.05) is 6.07 Å². The third-order valence-electron chi connectivity index (χ3n) is 2.69. The molecule has 1 aromatic carbocycles. The predicted molar refractivity (Wildman–Crippen MR) is 74.2 cm³/mol. The van der Waals surface area contributed by atoms with E-state index < -0.39 is 0 Å². The summed E-state index contributed by atoms with van der Waals surface area (Å²) < 4.78 is 13.2. The fourth-order valence-electron chi connectivity index (χ4n) is 1.69. The van der Waals surface area contributed by atoms with Gasteiger partial charge in [-0.1, -0.05) is 6.92 Å². The number of hydrogen-bond acceptors (Lipinski definition) is 3. The van der Waals surface area contributed by atoms with Crippen LogP contribution in [0.5, 0.6) is 0 Å². The number of thiazole rings is 1. The maximum Gasteiger partial charge on any atom is 0.126 e. The molecule has 1 N–H and O–H groups in total. The van der Waals surface area contributed by atoms with Gasteiger partial charge in [0.2, 0.25) is 0 Å². The zero-order chi connectivity index (χ0) is 13.0. The Morgan fingerprint density at radius 1 is 1.39 bits per heavy atom. The van der Waals surface area contributed by atoms with E-state index in [4.69, 9.17) is 0 Å². The quantitative estimate of drug-likeness (QED) is 0.832. The van der Waals surface area contributed by atoms with Crippen LogP contribution in [0.15, 0.2) is 23.6 Å². The van der Waals surface area contributed by atoms with E-state index >= 15 is 0 Å². The molecule has 96 valence electrons. The van der Waals surface area contributed by atoms with Crippen molar-refractivity contribution in [2.24, 2.45) is 0 Å². The third-order valence-corrected chi connectivity index (χ3v) is 3.63. The molecule has 1 heterocycles. The van der Waals surface area contributed by atoms with Gasteiger partial charge in [-0.15, -0.1) is 11.3 Å². The number of aryl methyl sites for hydroxylation is 1. The van der Waals surface area contributed by atoms with Crippen molar-refractivity contribution >= 4 is 11.3 Å². The summed E-state index contributed by atoms with van der Waals surface area (Å²) >= 11 is 1.60. The van der Waals surface area contributed by atoms with Crippen LogP contribution in [-0.4, -0.2) is 11.5 Å². The lowest BCUT2D eigenvalue weighted by molar-refractivity contribution is 0.619. The average Bonchev–Trinajstić information content (AvgIpc) is 2.82. The fourth-order valence-corrected chi connectivity index (χ4v) is 2.51. The van der Waals surface area contributed by atoms with Crippen molar-refractivity contribution in [2.75, 3.05) is 6.54 Å². The largest absolute Gasteiger partial charge is 0.311 e. The molecular weight excluding hydrogens is 247 g/mol. The third kappa shape index (κ3) is 3.15. The first-order valence-electron chi connectivity index (χ1n) is 6.12. The van der Waals surface area contributed by atoms with Gasteiger partial charge in [0, 0.05) is 17.5 Å². The van der Waals surface area contributed by atoms with Crippen molar-refractivity contribution in [3.63, 3.8) is 0 Å². The lowest BCUT2D eigenvalue weighted by Crippen LogP contribution is -2.13. The van der Waals surface area contributed by atoms with Crippen LogP contribution in [0.3, 0.4) is 0 Å². The Morgan fingerprint density at radius 2 is 2.22 bits per heavy atom. The second-order valence-corrected chi connectivity index (χ2v) is 5.14. The number of nitrogens with zero attached hydrogens (tertiary/aromatic N) is 1. The van der Waals surface area contributed by atoms with Crippen LogP contribution < -0.4 is 5.32 Å². The van der Waals surface area contributed by atoms with Crippen LogP contribution in [0.4, 0.5) is 4.39 Å². The first-order chi connectivity index (χ1) is 8.70. The molecule has 0 fully saturated rings. The normalized spacial score (nSPS) is 10.8. The summed E-state index contributed by atoms with van der Waals surface area (Å²) in [6.45, 7) is 5.71. The maximum absolute atomic E-state index is 13.2. The molecule has 0 saturated carbocycles. The molecule has 4 heteroatoms. The van der Waals surface area contributed by atoms with Gasteiger partial charge >= 0.3 is 0 Å². The smallest absolute Gasteiger partial charge is 0.126 e. The monoisotopic (exact) mass is 264 g/mol. The van der Waals surface area contributed by atoms with E-state index in [9.17, 15) is 4.39 Å². The Hall–Kier alpha value is -1.26.